The predicted octanol–water partition coefficient (Wildman–Crippen LogP) is -0.129. The number of aliphatic imine (C=N–C) groups is 1. The van der Waals surface area contributed by atoms with E-state index in [4.69, 9.17) is 4.74 Å². The molecule has 0 fully saturated rings. The molecule has 0 aromatic heterocycles. The molecule has 0 aromatic rings. The van der Waals surface area contributed by atoms with E-state index in [0.717, 1.165) is 11.2 Å². The van der Waals surface area contributed by atoms with Crippen LogP contribution in [-0.2, 0) is 19.4 Å². The van der Waals surface area contributed by atoms with Crippen molar-refractivity contribution in [1.29, 1.82) is 0 Å². The van der Waals surface area contributed by atoms with Gasteiger partial charge in [-0.3, -0.25) is 4.79 Å². The lowest BCUT2D eigenvalue weighted by Crippen LogP contribution is -2.40. The molecule has 18 heavy (non-hydrogen) atoms. The average molecular weight is 277 g/mol. The lowest BCUT2D eigenvalue weighted by molar-refractivity contribution is -0.115. The van der Waals surface area contributed by atoms with Crippen LogP contribution >= 0.6 is 0 Å². The van der Waals surface area contributed by atoms with Crippen LogP contribution in [0.3, 0.4) is 0 Å². The number of methoxy groups -OCH3 is 1. The lowest BCUT2D eigenvalue weighted by atomic mass is 10.6. The van der Waals surface area contributed by atoms with Crippen LogP contribution in [0.15, 0.2) is 17.4 Å². The Hall–Kier alpha value is -1.41. The summed E-state index contributed by atoms with van der Waals surface area (Å²) in [5.41, 5.74) is 0. The number of rotatable bonds is 5. The van der Waals surface area contributed by atoms with Crippen LogP contribution in [0.4, 0.5) is 0 Å². The second kappa shape index (κ2) is 6.50. The van der Waals surface area contributed by atoms with Crippen molar-refractivity contribution in [2.75, 3.05) is 27.5 Å². The highest BCUT2D eigenvalue weighted by atomic mass is 32.2. The molecule has 0 radical (unpaired) electrons. The summed E-state index contributed by atoms with van der Waals surface area (Å²) in [6, 6.07) is 0. The summed E-state index contributed by atoms with van der Waals surface area (Å²) in [6.45, 7) is 5.20. The molecule has 0 saturated heterocycles. The van der Waals surface area contributed by atoms with Gasteiger partial charge in [-0.15, -0.1) is 0 Å². The Morgan fingerprint density at radius 2 is 1.94 bits per heavy atom. The Kier molecular flexibility index (Phi) is 5.99. The Morgan fingerprint density at radius 3 is 2.28 bits per heavy atom. The zero-order chi connectivity index (χ0) is 14.5. The molecule has 104 valence electrons. The van der Waals surface area contributed by atoms with Gasteiger partial charge in [-0.1, -0.05) is 6.58 Å². The SMILES string of the molecule is C=C(/N=C(\N(C)C(C)OC)S(C)(=O)=O)N(C)C=O. The maximum absolute atomic E-state index is 11.7. The van der Waals surface area contributed by atoms with Crippen LogP contribution in [0.1, 0.15) is 6.92 Å². The zero-order valence-corrected chi connectivity index (χ0v) is 12.1. The Bertz CT molecular complexity index is 444. The Balaban J connectivity index is 5.46. The summed E-state index contributed by atoms with van der Waals surface area (Å²) in [6.07, 6.45) is 1.04. The molecule has 0 saturated carbocycles. The molecule has 1 unspecified atom stereocenters. The predicted molar refractivity (Wildman–Crippen MR) is 69.5 cm³/mol. The maximum Gasteiger partial charge on any atom is 0.226 e. The minimum atomic E-state index is -3.56. The highest BCUT2D eigenvalue weighted by Gasteiger charge is 2.23. The quantitative estimate of drug-likeness (QED) is 0.303. The smallest absolute Gasteiger partial charge is 0.226 e. The van der Waals surface area contributed by atoms with Gasteiger partial charge in [-0.05, 0) is 6.92 Å². The zero-order valence-electron chi connectivity index (χ0n) is 11.2. The molecular formula is C10H19N3O4S. The number of nitrogens with zero attached hydrogens (tertiary/aromatic N) is 3. The van der Waals surface area contributed by atoms with Crippen LogP contribution in [-0.4, -0.2) is 63.5 Å². The van der Waals surface area contributed by atoms with Crippen LogP contribution in [0, 0.1) is 0 Å². The fraction of sp³-hybridized carbons (Fsp3) is 0.600. The van der Waals surface area contributed by atoms with E-state index in [1.807, 2.05) is 0 Å². The van der Waals surface area contributed by atoms with E-state index in [0.29, 0.717) is 6.41 Å². The number of sulfone groups is 1. The molecule has 0 aliphatic heterocycles. The first-order valence-electron chi connectivity index (χ1n) is 5.06. The van der Waals surface area contributed by atoms with E-state index in [1.54, 1.807) is 6.92 Å². The van der Waals surface area contributed by atoms with E-state index in [2.05, 4.69) is 11.6 Å². The summed E-state index contributed by atoms with van der Waals surface area (Å²) in [5, 5.41) is -0.212. The molecule has 0 aromatic carbocycles. The Labute approximate surface area is 108 Å². The van der Waals surface area contributed by atoms with Gasteiger partial charge in [0.2, 0.25) is 21.4 Å². The lowest BCUT2D eigenvalue weighted by Gasteiger charge is -2.26. The van der Waals surface area contributed by atoms with Crippen molar-refractivity contribution in [1.82, 2.24) is 9.80 Å². The topological polar surface area (TPSA) is 79.3 Å². The van der Waals surface area contributed by atoms with Gasteiger partial charge in [0.1, 0.15) is 12.0 Å². The number of amides is 1. The van der Waals surface area contributed by atoms with Crippen LogP contribution in [0.2, 0.25) is 0 Å². The highest BCUT2D eigenvalue weighted by Crippen LogP contribution is 2.08. The average Bonchev–Trinajstić information content (AvgIpc) is 2.31. The molecule has 0 N–H and O–H groups in total. The third-order valence-corrected chi connectivity index (χ3v) is 3.35. The maximum atomic E-state index is 11.7. The van der Waals surface area contributed by atoms with Crippen molar-refractivity contribution < 1.29 is 17.9 Å². The van der Waals surface area contributed by atoms with Crippen LogP contribution in [0.25, 0.3) is 0 Å². The third kappa shape index (κ3) is 4.46. The number of amidine groups is 1. The van der Waals surface area contributed by atoms with Crippen molar-refractivity contribution in [2.24, 2.45) is 4.99 Å². The van der Waals surface area contributed by atoms with Crippen molar-refractivity contribution >= 4 is 21.4 Å². The van der Waals surface area contributed by atoms with Gasteiger partial charge in [0.25, 0.3) is 0 Å². The molecule has 0 aliphatic rings. The number of ether oxygens (including phenoxy) is 1. The van der Waals surface area contributed by atoms with E-state index < -0.39 is 16.1 Å². The second-order valence-corrected chi connectivity index (χ2v) is 5.65. The number of hydrogen-bond donors (Lipinski definition) is 0. The largest absolute Gasteiger partial charge is 0.362 e. The monoisotopic (exact) mass is 277 g/mol. The molecule has 0 bridgehead atoms. The van der Waals surface area contributed by atoms with E-state index in [1.165, 1.54) is 26.1 Å². The molecule has 0 spiro atoms. The van der Waals surface area contributed by atoms with E-state index >= 15 is 0 Å². The minimum Gasteiger partial charge on any atom is -0.362 e. The first-order valence-corrected chi connectivity index (χ1v) is 6.95. The summed E-state index contributed by atoms with van der Waals surface area (Å²) < 4.78 is 28.4. The minimum absolute atomic E-state index is 0.0283. The highest BCUT2D eigenvalue weighted by molar-refractivity contribution is 8.05. The molecule has 1 amide bonds. The van der Waals surface area contributed by atoms with Crippen molar-refractivity contribution in [3.05, 3.63) is 12.4 Å². The van der Waals surface area contributed by atoms with Crippen molar-refractivity contribution in [2.45, 2.75) is 13.2 Å². The van der Waals surface area contributed by atoms with Crippen molar-refractivity contribution in [3.63, 3.8) is 0 Å². The molecule has 0 aliphatic carbocycles. The summed E-state index contributed by atoms with van der Waals surface area (Å²) in [4.78, 5) is 16.8. The first kappa shape index (κ1) is 16.6. The standard InChI is InChI=1S/C10H19N3O4S/c1-8(12(3)7-14)11-10(18(6,15)16)13(4)9(2)17-5/h7,9H,1H2,2-6H3/b11-10+. The molecule has 8 heteroatoms. The molecule has 0 heterocycles. The van der Waals surface area contributed by atoms with Gasteiger partial charge in [-0.2, -0.15) is 0 Å². The van der Waals surface area contributed by atoms with Gasteiger partial charge in [0, 0.05) is 27.5 Å². The van der Waals surface area contributed by atoms with Gasteiger partial charge in [-0.25, -0.2) is 13.4 Å². The Morgan fingerprint density at radius 1 is 1.44 bits per heavy atom. The third-order valence-electron chi connectivity index (χ3n) is 2.31. The molecule has 1 atom stereocenters. The molecular weight excluding hydrogens is 258 g/mol. The van der Waals surface area contributed by atoms with E-state index in [-0.39, 0.29) is 11.0 Å². The first-order chi connectivity index (χ1) is 8.15. The molecule has 0 rings (SSSR count). The summed E-state index contributed by atoms with van der Waals surface area (Å²) in [5.74, 6) is 0.0283. The number of carbonyl (C=O) groups excluding carboxylic acids is 1. The second-order valence-electron chi connectivity index (χ2n) is 3.75. The molecule has 7 nitrogen and oxygen atoms in total. The van der Waals surface area contributed by atoms with Gasteiger partial charge in [0.15, 0.2) is 0 Å². The van der Waals surface area contributed by atoms with Gasteiger partial charge >= 0.3 is 0 Å². The van der Waals surface area contributed by atoms with Crippen molar-refractivity contribution in [3.8, 4) is 0 Å². The van der Waals surface area contributed by atoms with Gasteiger partial charge < -0.3 is 14.5 Å². The fourth-order valence-corrected chi connectivity index (χ4v) is 1.93. The van der Waals surface area contributed by atoms with Crippen LogP contribution in [0.5, 0.6) is 0 Å². The number of carbonyl (C=O) groups is 1. The summed E-state index contributed by atoms with van der Waals surface area (Å²) in [7, 11) is 0.847. The number of hydrogen-bond acceptors (Lipinski definition) is 5. The van der Waals surface area contributed by atoms with Crippen LogP contribution < -0.4 is 0 Å². The normalized spacial score (nSPS) is 13.9. The van der Waals surface area contributed by atoms with Gasteiger partial charge in [0.05, 0.1) is 0 Å². The fourth-order valence-electron chi connectivity index (χ4n) is 0.987. The van der Waals surface area contributed by atoms with E-state index in [9.17, 15) is 13.2 Å². The summed E-state index contributed by atoms with van der Waals surface area (Å²) >= 11 is 0.